The lowest BCUT2D eigenvalue weighted by molar-refractivity contribution is -0.119. The third-order valence-electron chi connectivity index (χ3n) is 6.30. The largest absolute Gasteiger partial charge is 0.510 e. The number of amides is 2. The molecule has 0 fully saturated rings. The molecule has 0 aliphatic carbocycles. The van der Waals surface area contributed by atoms with Crippen molar-refractivity contribution >= 4 is 34.6 Å². The molecule has 2 rings (SSSR count). The summed E-state index contributed by atoms with van der Waals surface area (Å²) in [6.07, 6.45) is 0. The molecule has 0 spiro atoms. The molecule has 0 unspecified atom stereocenters. The number of carbonyl (C=O) groups excluding carboxylic acids is 2. The zero-order valence-electron chi connectivity index (χ0n) is 25.3. The predicted octanol–water partition coefficient (Wildman–Crippen LogP) is 6.06. The highest BCUT2D eigenvalue weighted by Crippen LogP contribution is 2.22. The van der Waals surface area contributed by atoms with Gasteiger partial charge in [0.05, 0.1) is 11.4 Å². The van der Waals surface area contributed by atoms with E-state index >= 15 is 0 Å². The number of nitrogens with one attached hydrogen (secondary N) is 2. The number of allylic oxidation sites excluding steroid dienone is 2. The van der Waals surface area contributed by atoms with E-state index < -0.39 is 11.8 Å². The Balaban J connectivity index is 1.93. The van der Waals surface area contributed by atoms with Gasteiger partial charge in [0.15, 0.2) is 11.4 Å². The molecule has 226 valence electrons. The Morgan fingerprint density at radius 1 is 0.619 bits per heavy atom. The number of rotatable bonds is 15. The number of aliphatic hydroxyl groups is 2. The molecule has 0 aromatic heterocycles. The fourth-order valence-electron chi connectivity index (χ4n) is 3.94. The van der Waals surface area contributed by atoms with Crippen LogP contribution in [-0.4, -0.2) is 61.3 Å². The summed E-state index contributed by atoms with van der Waals surface area (Å²) in [7, 11) is 0. The van der Waals surface area contributed by atoms with Crippen molar-refractivity contribution in [3.8, 4) is 0 Å². The van der Waals surface area contributed by atoms with Crippen molar-refractivity contribution in [2.75, 3.05) is 49.1 Å². The zero-order valence-corrected chi connectivity index (χ0v) is 25.3. The summed E-state index contributed by atoms with van der Waals surface area (Å²) in [6, 6.07) is 14.8. The Labute approximate surface area is 247 Å². The molecule has 0 atom stereocenters. The van der Waals surface area contributed by atoms with E-state index in [2.05, 4.69) is 68.6 Å². The van der Waals surface area contributed by atoms with E-state index in [1.54, 1.807) is 24.3 Å². The number of carbonyl (C=O) groups is 2. The smallest absolute Gasteiger partial charge is 0.275 e. The van der Waals surface area contributed by atoms with E-state index in [4.69, 9.17) is 0 Å². The monoisotopic (exact) mass is 578 g/mol. The molecule has 0 bridgehead atoms. The van der Waals surface area contributed by atoms with Crippen molar-refractivity contribution in [2.24, 2.45) is 20.5 Å². The van der Waals surface area contributed by atoms with Crippen LogP contribution in [0, 0.1) is 0 Å². The molecular formula is C30H42N8O4. The van der Waals surface area contributed by atoms with E-state index in [-0.39, 0.29) is 36.0 Å². The van der Waals surface area contributed by atoms with Crippen LogP contribution in [0.1, 0.15) is 41.5 Å². The lowest BCUT2D eigenvalue weighted by Crippen LogP contribution is -2.35. The molecule has 2 amide bonds. The fourth-order valence-corrected chi connectivity index (χ4v) is 3.94. The molecule has 4 N–H and O–H groups in total. The Morgan fingerprint density at radius 3 is 1.19 bits per heavy atom. The first-order valence-electron chi connectivity index (χ1n) is 14.0. The van der Waals surface area contributed by atoms with Crippen LogP contribution in [0.2, 0.25) is 0 Å². The molecule has 2 aromatic rings. The van der Waals surface area contributed by atoms with E-state index in [0.717, 1.165) is 37.6 Å². The molecule has 0 radical (unpaired) electrons. The first kappa shape index (κ1) is 33.5. The first-order valence-corrected chi connectivity index (χ1v) is 14.0. The highest BCUT2D eigenvalue weighted by atomic mass is 16.3. The number of nitrogens with zero attached hydrogens (tertiary/aromatic N) is 6. The molecule has 0 saturated carbocycles. The average Bonchev–Trinajstić information content (AvgIpc) is 2.98. The van der Waals surface area contributed by atoms with Crippen LogP contribution < -0.4 is 20.4 Å². The van der Waals surface area contributed by atoms with Gasteiger partial charge in [0.25, 0.3) is 11.8 Å². The summed E-state index contributed by atoms with van der Waals surface area (Å²) >= 11 is 0. The SMILES string of the molecule is CCN(CC)c1ccc(N=NC(C(=O)NCCNC(=O)C(N=Nc2ccc(N(CC)CC)cc2)=C(C)O)=C(C)O)cc1. The topological polar surface area (TPSA) is 155 Å². The molecule has 12 nitrogen and oxygen atoms in total. The van der Waals surface area contributed by atoms with Gasteiger partial charge in [-0.25, -0.2) is 0 Å². The van der Waals surface area contributed by atoms with Crippen LogP contribution >= 0.6 is 0 Å². The maximum atomic E-state index is 12.6. The highest BCUT2D eigenvalue weighted by molar-refractivity contribution is 5.94. The molecule has 0 heterocycles. The summed E-state index contributed by atoms with van der Waals surface area (Å²) in [5.74, 6) is -1.91. The Kier molecular flexibility index (Phi) is 13.7. The summed E-state index contributed by atoms with van der Waals surface area (Å²) in [5, 5.41) is 41.1. The van der Waals surface area contributed by atoms with Crippen LogP contribution in [0.3, 0.4) is 0 Å². The summed E-state index contributed by atoms with van der Waals surface area (Å²) < 4.78 is 0. The first-order chi connectivity index (χ1) is 20.1. The van der Waals surface area contributed by atoms with Crippen LogP contribution in [0.4, 0.5) is 22.7 Å². The van der Waals surface area contributed by atoms with Crippen molar-refractivity contribution in [1.29, 1.82) is 0 Å². The van der Waals surface area contributed by atoms with Crippen molar-refractivity contribution in [2.45, 2.75) is 41.5 Å². The number of benzene rings is 2. The van der Waals surface area contributed by atoms with E-state index in [1.807, 2.05) is 24.3 Å². The predicted molar refractivity (Wildman–Crippen MR) is 166 cm³/mol. The third kappa shape index (κ3) is 10.0. The number of anilines is 2. The van der Waals surface area contributed by atoms with Gasteiger partial charge in [0.1, 0.15) is 11.5 Å². The molecular weight excluding hydrogens is 536 g/mol. The molecule has 42 heavy (non-hydrogen) atoms. The molecule has 0 aliphatic rings. The second-order valence-corrected chi connectivity index (χ2v) is 9.16. The average molecular weight is 579 g/mol. The minimum atomic E-state index is -0.658. The molecule has 0 saturated heterocycles. The van der Waals surface area contributed by atoms with Gasteiger partial charge in [-0.1, -0.05) is 0 Å². The van der Waals surface area contributed by atoms with Crippen LogP contribution in [-0.2, 0) is 9.59 Å². The number of aliphatic hydroxyl groups excluding tert-OH is 2. The lowest BCUT2D eigenvalue weighted by Gasteiger charge is -2.20. The maximum Gasteiger partial charge on any atom is 0.275 e. The maximum absolute atomic E-state index is 12.6. The third-order valence-corrected chi connectivity index (χ3v) is 6.30. The van der Waals surface area contributed by atoms with Gasteiger partial charge in [-0.05, 0) is 90.1 Å². The van der Waals surface area contributed by atoms with Gasteiger partial charge in [-0.2, -0.15) is 10.2 Å². The molecule has 2 aromatic carbocycles. The second kappa shape index (κ2) is 17.2. The van der Waals surface area contributed by atoms with Crippen molar-refractivity contribution in [3.05, 3.63) is 71.4 Å². The van der Waals surface area contributed by atoms with E-state index in [9.17, 15) is 19.8 Å². The van der Waals surface area contributed by atoms with E-state index in [0.29, 0.717) is 11.4 Å². The molecule has 12 heteroatoms. The van der Waals surface area contributed by atoms with Gasteiger partial charge in [-0.3, -0.25) is 9.59 Å². The summed E-state index contributed by atoms with van der Waals surface area (Å²) in [4.78, 5) is 29.6. The summed E-state index contributed by atoms with van der Waals surface area (Å²) in [5.41, 5.74) is 2.65. The van der Waals surface area contributed by atoms with Crippen LogP contribution in [0.25, 0.3) is 0 Å². The van der Waals surface area contributed by atoms with Crippen molar-refractivity contribution < 1.29 is 19.8 Å². The van der Waals surface area contributed by atoms with Crippen LogP contribution in [0.15, 0.2) is 91.9 Å². The van der Waals surface area contributed by atoms with Gasteiger partial charge < -0.3 is 30.6 Å². The van der Waals surface area contributed by atoms with Gasteiger partial charge in [0.2, 0.25) is 0 Å². The quantitative estimate of drug-likeness (QED) is 0.0872. The summed E-state index contributed by atoms with van der Waals surface area (Å²) in [6.45, 7) is 14.5. The van der Waals surface area contributed by atoms with E-state index in [1.165, 1.54) is 13.8 Å². The van der Waals surface area contributed by atoms with Gasteiger partial charge in [0, 0.05) is 50.6 Å². The highest BCUT2D eigenvalue weighted by Gasteiger charge is 2.15. The van der Waals surface area contributed by atoms with Crippen molar-refractivity contribution in [1.82, 2.24) is 10.6 Å². The zero-order chi connectivity index (χ0) is 31.1. The second-order valence-electron chi connectivity index (χ2n) is 9.16. The molecule has 0 aliphatic heterocycles. The fraction of sp³-hybridized carbons (Fsp3) is 0.400. The number of hydrogen-bond acceptors (Lipinski definition) is 10. The Morgan fingerprint density at radius 2 is 0.929 bits per heavy atom. The van der Waals surface area contributed by atoms with Gasteiger partial charge in [-0.15, -0.1) is 10.2 Å². The standard InChI is InChI=1S/C30H42N8O4/c1-7-37(8-2)25-15-11-23(12-16-25)33-35-27(21(5)39)29(41)31-19-20-32-30(42)28(22(6)40)36-34-24-13-17-26(18-14-24)38(9-3)10-4/h11-18,39-40H,7-10,19-20H2,1-6H3,(H,31,41)(H,32,42). The Hall–Kier alpha value is -4.74. The van der Waals surface area contributed by atoms with Crippen LogP contribution in [0.5, 0.6) is 0 Å². The number of hydrogen-bond donors (Lipinski definition) is 4. The van der Waals surface area contributed by atoms with Crippen molar-refractivity contribution in [3.63, 3.8) is 0 Å². The Bertz CT molecular complexity index is 1180. The van der Waals surface area contributed by atoms with Gasteiger partial charge >= 0.3 is 0 Å². The normalized spacial score (nSPS) is 12.6. The number of azo groups is 2. The lowest BCUT2D eigenvalue weighted by atomic mass is 10.2. The minimum absolute atomic E-state index is 0.0250. The minimum Gasteiger partial charge on any atom is -0.510 e.